The second-order valence-electron chi connectivity index (χ2n) is 6.42. The number of esters is 1. The van der Waals surface area contributed by atoms with Gasteiger partial charge in [0.25, 0.3) is 0 Å². The molecule has 0 N–H and O–H groups in total. The lowest BCUT2D eigenvalue weighted by molar-refractivity contribution is -0.132. The summed E-state index contributed by atoms with van der Waals surface area (Å²) in [7, 11) is 0. The van der Waals surface area contributed by atoms with Crippen molar-refractivity contribution in [2.45, 2.75) is 50.5 Å². The third kappa shape index (κ3) is 1.65. The van der Waals surface area contributed by atoms with Gasteiger partial charge in [-0.25, -0.2) is 0 Å². The van der Waals surface area contributed by atoms with Crippen LogP contribution in [-0.4, -0.2) is 12.1 Å². The van der Waals surface area contributed by atoms with E-state index in [4.69, 9.17) is 9.47 Å². The fraction of sp³-hybridized carbons (Fsp3) is 0.421. The van der Waals surface area contributed by atoms with Crippen LogP contribution in [0.1, 0.15) is 43.7 Å². The minimum atomic E-state index is -0.306. The molecule has 0 radical (unpaired) electrons. The van der Waals surface area contributed by atoms with Crippen molar-refractivity contribution in [2.24, 2.45) is 0 Å². The van der Waals surface area contributed by atoms with Gasteiger partial charge in [0.05, 0.1) is 5.41 Å². The predicted octanol–water partition coefficient (Wildman–Crippen LogP) is 3.85. The van der Waals surface area contributed by atoms with Crippen LogP contribution in [0.3, 0.4) is 0 Å². The molecule has 114 valence electrons. The lowest BCUT2D eigenvalue weighted by Gasteiger charge is -2.42. The molecule has 0 spiro atoms. The topological polar surface area (TPSA) is 35.5 Å². The van der Waals surface area contributed by atoms with Gasteiger partial charge in [0.1, 0.15) is 6.10 Å². The van der Waals surface area contributed by atoms with Gasteiger partial charge in [-0.3, -0.25) is 4.79 Å². The lowest BCUT2D eigenvalue weighted by atomic mass is 9.60. The molecule has 0 amide bonds. The standard InChI is InChI=1S/C19H20O3/c1-3-11-19-14-5-4-6-16(19)22-18-15(21-12(2)20)10-8-13(7-9-14)17(18)19/h3,8-10,16H,1,4-7,11H2,2H3/t16-,19+/m0/s1. The lowest BCUT2D eigenvalue weighted by Crippen LogP contribution is -2.44. The van der Waals surface area contributed by atoms with Gasteiger partial charge in [0.15, 0.2) is 11.5 Å². The summed E-state index contributed by atoms with van der Waals surface area (Å²) in [5.74, 6) is 1.04. The number of ether oxygens (including phenoxy) is 2. The number of carbonyl (C=O) groups is 1. The van der Waals surface area contributed by atoms with E-state index in [1.165, 1.54) is 23.6 Å². The number of hydrogen-bond acceptors (Lipinski definition) is 3. The van der Waals surface area contributed by atoms with E-state index in [1.54, 1.807) is 0 Å². The van der Waals surface area contributed by atoms with Crippen LogP contribution in [-0.2, 0) is 16.6 Å². The highest BCUT2D eigenvalue weighted by Crippen LogP contribution is 2.60. The van der Waals surface area contributed by atoms with Gasteiger partial charge in [-0.15, -0.1) is 6.58 Å². The second kappa shape index (κ2) is 4.73. The van der Waals surface area contributed by atoms with Crippen molar-refractivity contribution in [1.82, 2.24) is 0 Å². The predicted molar refractivity (Wildman–Crippen MR) is 84.3 cm³/mol. The van der Waals surface area contributed by atoms with Gasteiger partial charge >= 0.3 is 5.97 Å². The molecule has 0 unspecified atom stereocenters. The van der Waals surface area contributed by atoms with Crippen molar-refractivity contribution >= 4 is 5.97 Å². The summed E-state index contributed by atoms with van der Waals surface area (Å²) in [6, 6.07) is 3.95. The highest BCUT2D eigenvalue weighted by atomic mass is 16.6. The Kier molecular flexibility index (Phi) is 2.93. The van der Waals surface area contributed by atoms with E-state index in [1.807, 2.05) is 12.1 Å². The van der Waals surface area contributed by atoms with Crippen molar-refractivity contribution in [1.29, 1.82) is 0 Å². The summed E-state index contributed by atoms with van der Waals surface area (Å²) in [5, 5.41) is 0. The third-order valence-corrected chi connectivity index (χ3v) is 5.24. The highest BCUT2D eigenvalue weighted by Gasteiger charge is 2.55. The molecular weight excluding hydrogens is 276 g/mol. The van der Waals surface area contributed by atoms with E-state index in [0.717, 1.165) is 37.9 Å². The monoisotopic (exact) mass is 296 g/mol. The van der Waals surface area contributed by atoms with Crippen molar-refractivity contribution in [3.8, 4) is 11.5 Å². The summed E-state index contributed by atoms with van der Waals surface area (Å²) in [6.45, 7) is 5.40. The molecule has 4 rings (SSSR count). The second-order valence-corrected chi connectivity index (χ2v) is 6.42. The largest absolute Gasteiger partial charge is 0.485 e. The Morgan fingerprint density at radius 3 is 3.18 bits per heavy atom. The van der Waals surface area contributed by atoms with E-state index in [-0.39, 0.29) is 17.5 Å². The van der Waals surface area contributed by atoms with Crippen LogP contribution in [0.15, 0.2) is 36.4 Å². The maximum Gasteiger partial charge on any atom is 0.308 e. The molecule has 1 aromatic rings. The molecule has 3 heteroatoms. The zero-order valence-corrected chi connectivity index (χ0v) is 12.9. The third-order valence-electron chi connectivity index (χ3n) is 5.24. The van der Waals surface area contributed by atoms with Crippen LogP contribution in [0.25, 0.3) is 0 Å². The molecule has 1 saturated carbocycles. The molecule has 1 aliphatic heterocycles. The quantitative estimate of drug-likeness (QED) is 0.483. The molecule has 2 atom stereocenters. The molecule has 0 saturated heterocycles. The fourth-order valence-electron chi connectivity index (χ4n) is 4.50. The van der Waals surface area contributed by atoms with E-state index >= 15 is 0 Å². The first kappa shape index (κ1) is 13.6. The summed E-state index contributed by atoms with van der Waals surface area (Å²) in [6.07, 6.45) is 9.65. The van der Waals surface area contributed by atoms with Crippen LogP contribution >= 0.6 is 0 Å². The molecule has 1 aromatic carbocycles. The van der Waals surface area contributed by atoms with Crippen LogP contribution in [0, 0.1) is 0 Å². The Bertz CT molecular complexity index is 701. The minimum Gasteiger partial charge on any atom is -0.485 e. The summed E-state index contributed by atoms with van der Waals surface area (Å²) >= 11 is 0. The zero-order valence-electron chi connectivity index (χ0n) is 12.9. The first-order valence-corrected chi connectivity index (χ1v) is 7.98. The van der Waals surface area contributed by atoms with E-state index in [0.29, 0.717) is 5.75 Å². The Morgan fingerprint density at radius 2 is 2.41 bits per heavy atom. The molecule has 1 fully saturated rings. The molecule has 22 heavy (non-hydrogen) atoms. The van der Waals surface area contributed by atoms with Crippen molar-refractivity contribution < 1.29 is 14.3 Å². The summed E-state index contributed by atoms with van der Waals surface area (Å²) in [4.78, 5) is 11.4. The smallest absolute Gasteiger partial charge is 0.308 e. The minimum absolute atomic E-state index is 0.0843. The van der Waals surface area contributed by atoms with E-state index in [2.05, 4.69) is 18.7 Å². The Labute approximate surface area is 130 Å². The van der Waals surface area contributed by atoms with Crippen LogP contribution in [0.5, 0.6) is 11.5 Å². The van der Waals surface area contributed by atoms with Crippen LogP contribution in [0.4, 0.5) is 0 Å². The normalized spacial score (nSPS) is 27.5. The maximum absolute atomic E-state index is 11.4. The molecular formula is C19H20O3. The molecule has 0 bridgehead atoms. The number of allylic oxidation sites excluding steroid dienone is 2. The average Bonchev–Trinajstić information content (AvgIpc) is 2.83. The summed E-state index contributed by atoms with van der Waals surface area (Å²) in [5.41, 5.74) is 3.93. The molecule has 3 aliphatic rings. The van der Waals surface area contributed by atoms with Crippen LogP contribution in [0.2, 0.25) is 0 Å². The number of hydrogen-bond donors (Lipinski definition) is 0. The van der Waals surface area contributed by atoms with Gasteiger partial charge in [-0.05, 0) is 43.7 Å². The Hall–Kier alpha value is -2.03. The van der Waals surface area contributed by atoms with Crippen LogP contribution < -0.4 is 9.47 Å². The van der Waals surface area contributed by atoms with Gasteiger partial charge in [-0.1, -0.05) is 23.8 Å². The summed E-state index contributed by atoms with van der Waals surface area (Å²) < 4.78 is 11.7. The zero-order chi connectivity index (χ0) is 15.3. The van der Waals surface area contributed by atoms with Crippen molar-refractivity contribution in [2.75, 3.05) is 0 Å². The number of benzene rings is 1. The van der Waals surface area contributed by atoms with Gasteiger partial charge in [-0.2, -0.15) is 0 Å². The first-order chi connectivity index (χ1) is 10.7. The Morgan fingerprint density at radius 1 is 1.55 bits per heavy atom. The van der Waals surface area contributed by atoms with Crippen molar-refractivity contribution in [3.63, 3.8) is 0 Å². The molecule has 1 heterocycles. The van der Waals surface area contributed by atoms with Gasteiger partial charge < -0.3 is 9.47 Å². The van der Waals surface area contributed by atoms with Gasteiger partial charge in [0, 0.05) is 12.5 Å². The van der Waals surface area contributed by atoms with E-state index in [9.17, 15) is 4.79 Å². The first-order valence-electron chi connectivity index (χ1n) is 7.98. The van der Waals surface area contributed by atoms with Gasteiger partial charge in [0.2, 0.25) is 0 Å². The SMILES string of the molecule is C=CC[C@]12C3=CCc4ccc(OC(C)=O)c(c41)O[C@H]2CCC3. The number of rotatable bonds is 3. The molecule has 0 aromatic heterocycles. The van der Waals surface area contributed by atoms with Crippen molar-refractivity contribution in [3.05, 3.63) is 47.6 Å². The maximum atomic E-state index is 11.4. The Balaban J connectivity index is 1.95. The molecule has 3 nitrogen and oxygen atoms in total. The highest BCUT2D eigenvalue weighted by molar-refractivity contribution is 5.73. The fourth-order valence-corrected chi connectivity index (χ4v) is 4.50. The number of carbonyl (C=O) groups excluding carboxylic acids is 1. The molecule has 2 aliphatic carbocycles. The average molecular weight is 296 g/mol. The van der Waals surface area contributed by atoms with E-state index < -0.39 is 0 Å².